The van der Waals surface area contributed by atoms with Gasteiger partial charge in [-0.2, -0.15) is 0 Å². The minimum absolute atomic E-state index is 0.0398. The van der Waals surface area contributed by atoms with Crippen molar-refractivity contribution in [3.05, 3.63) is 47.1 Å². The zero-order chi connectivity index (χ0) is 24.8. The van der Waals surface area contributed by atoms with Gasteiger partial charge in [-0.3, -0.25) is 9.59 Å². The molecule has 0 spiro atoms. The van der Waals surface area contributed by atoms with Crippen LogP contribution in [-0.4, -0.2) is 95.6 Å². The van der Waals surface area contributed by atoms with Crippen LogP contribution in [0.3, 0.4) is 0 Å². The Bertz CT molecular complexity index is 1010. The number of carbonyl (C=O) groups is 2. The van der Waals surface area contributed by atoms with Crippen LogP contribution in [0.2, 0.25) is 5.15 Å². The second kappa shape index (κ2) is 12.1. The predicted octanol–water partition coefficient (Wildman–Crippen LogP) is 2.87. The molecule has 0 atom stereocenters. The van der Waals surface area contributed by atoms with E-state index in [0.717, 1.165) is 30.8 Å². The van der Waals surface area contributed by atoms with Gasteiger partial charge in [-0.05, 0) is 32.5 Å². The summed E-state index contributed by atoms with van der Waals surface area (Å²) in [5, 5.41) is 0.847. The van der Waals surface area contributed by atoms with E-state index in [1.807, 2.05) is 54.2 Å². The number of nitrogens with zero attached hydrogens (tertiary/aromatic N) is 6. The number of thioether (sulfide) groups is 1. The van der Waals surface area contributed by atoms with Crippen LogP contribution < -0.4 is 4.90 Å². The van der Waals surface area contributed by atoms with Crippen molar-refractivity contribution in [1.82, 2.24) is 24.7 Å². The highest BCUT2D eigenvalue weighted by Crippen LogP contribution is 2.31. The number of rotatable bonds is 10. The molecule has 2 aromatic rings. The molecule has 2 heterocycles. The maximum Gasteiger partial charge on any atom is 0.233 e. The highest BCUT2D eigenvalue weighted by molar-refractivity contribution is 7.99. The van der Waals surface area contributed by atoms with E-state index in [4.69, 9.17) is 11.6 Å². The lowest BCUT2D eigenvalue weighted by atomic mass is 10.2. The highest BCUT2D eigenvalue weighted by Gasteiger charge is 2.34. The first-order valence-corrected chi connectivity index (χ1v) is 13.4. The third kappa shape index (κ3) is 7.56. The Morgan fingerprint density at radius 1 is 1.06 bits per heavy atom. The molecular formula is C25H33ClN6O2S. The molecule has 1 saturated carbocycles. The van der Waals surface area contributed by atoms with Crippen LogP contribution in [0, 0.1) is 5.92 Å². The van der Waals surface area contributed by atoms with Gasteiger partial charge in [0.1, 0.15) is 11.0 Å². The second-order valence-corrected chi connectivity index (χ2v) is 10.6. The topological polar surface area (TPSA) is 72.9 Å². The van der Waals surface area contributed by atoms with Gasteiger partial charge >= 0.3 is 0 Å². The van der Waals surface area contributed by atoms with Crippen molar-refractivity contribution in [3.63, 3.8) is 0 Å². The number of halogens is 1. The number of carbonyl (C=O) groups excluding carboxylic acids is 2. The van der Waals surface area contributed by atoms with Crippen molar-refractivity contribution in [2.24, 2.45) is 5.92 Å². The molecule has 0 unspecified atom stereocenters. The van der Waals surface area contributed by atoms with Gasteiger partial charge in [0, 0.05) is 57.8 Å². The average molecular weight is 517 g/mol. The van der Waals surface area contributed by atoms with Crippen molar-refractivity contribution in [3.8, 4) is 0 Å². The molecule has 1 aliphatic carbocycles. The van der Waals surface area contributed by atoms with Gasteiger partial charge < -0.3 is 19.6 Å². The van der Waals surface area contributed by atoms with E-state index in [2.05, 4.69) is 19.8 Å². The van der Waals surface area contributed by atoms with Gasteiger partial charge in [-0.25, -0.2) is 9.97 Å². The fourth-order valence-corrected chi connectivity index (χ4v) is 4.97. The predicted molar refractivity (Wildman–Crippen MR) is 140 cm³/mol. The van der Waals surface area contributed by atoms with Gasteiger partial charge in [0.2, 0.25) is 11.8 Å². The second-order valence-electron chi connectivity index (χ2n) is 9.31. The minimum atomic E-state index is 0.0398. The summed E-state index contributed by atoms with van der Waals surface area (Å²) in [6, 6.07) is 11.8. The summed E-state index contributed by atoms with van der Waals surface area (Å²) in [5.41, 5.74) is 1.10. The van der Waals surface area contributed by atoms with E-state index < -0.39 is 0 Å². The van der Waals surface area contributed by atoms with Crippen LogP contribution in [-0.2, 0) is 16.1 Å². The van der Waals surface area contributed by atoms with Gasteiger partial charge in [0.05, 0.1) is 5.75 Å². The van der Waals surface area contributed by atoms with Crippen LogP contribution >= 0.6 is 23.4 Å². The molecule has 2 fully saturated rings. The number of piperazine rings is 1. The third-order valence-electron chi connectivity index (χ3n) is 6.21. The van der Waals surface area contributed by atoms with E-state index in [-0.39, 0.29) is 23.5 Å². The maximum absolute atomic E-state index is 13.1. The molecular weight excluding hydrogens is 484 g/mol. The summed E-state index contributed by atoms with van der Waals surface area (Å²) in [4.78, 5) is 42.5. The first-order chi connectivity index (χ1) is 16.9. The molecule has 10 heteroatoms. The quantitative estimate of drug-likeness (QED) is 0.273. The van der Waals surface area contributed by atoms with Crippen LogP contribution in [0.5, 0.6) is 0 Å². The van der Waals surface area contributed by atoms with Crippen LogP contribution in [0.25, 0.3) is 0 Å². The summed E-state index contributed by atoms with van der Waals surface area (Å²) >= 11 is 7.62. The summed E-state index contributed by atoms with van der Waals surface area (Å²) < 4.78 is 0. The summed E-state index contributed by atoms with van der Waals surface area (Å²) in [5.74, 6) is 1.55. The summed E-state index contributed by atoms with van der Waals surface area (Å²) in [6.45, 7) is 4.81. The zero-order valence-electron chi connectivity index (χ0n) is 20.4. The number of aromatic nitrogens is 2. The molecule has 1 saturated heterocycles. The number of anilines is 1. The molecule has 4 rings (SSSR count). The van der Waals surface area contributed by atoms with Crippen molar-refractivity contribution in [1.29, 1.82) is 0 Å². The van der Waals surface area contributed by atoms with E-state index in [1.165, 1.54) is 11.8 Å². The van der Waals surface area contributed by atoms with Crippen molar-refractivity contribution in [2.75, 3.05) is 64.0 Å². The average Bonchev–Trinajstić information content (AvgIpc) is 3.70. The standard InChI is InChI=1S/C25H33ClN6O2S/c1-29(2)10-11-32(17-19-6-4-3-5-7-19)23(33)18-35-25-27-21(26)16-22(28-25)30-12-14-31(15-13-30)24(34)20-8-9-20/h3-7,16,20H,8-15,17-18H2,1-2H3. The highest BCUT2D eigenvalue weighted by atomic mass is 35.5. The van der Waals surface area contributed by atoms with Crippen molar-refractivity contribution in [2.45, 2.75) is 24.5 Å². The zero-order valence-corrected chi connectivity index (χ0v) is 22.0. The van der Waals surface area contributed by atoms with Crippen LogP contribution in [0.15, 0.2) is 41.6 Å². The largest absolute Gasteiger partial charge is 0.353 e. The molecule has 1 aliphatic heterocycles. The fraction of sp³-hybridized carbons (Fsp3) is 0.520. The van der Waals surface area contributed by atoms with E-state index in [1.54, 1.807) is 6.07 Å². The van der Waals surface area contributed by atoms with E-state index in [0.29, 0.717) is 49.6 Å². The lowest BCUT2D eigenvalue weighted by Gasteiger charge is -2.35. The summed E-state index contributed by atoms with van der Waals surface area (Å²) in [6.07, 6.45) is 2.05. The molecule has 0 N–H and O–H groups in total. The van der Waals surface area contributed by atoms with Gasteiger partial charge in [-0.1, -0.05) is 53.7 Å². The number of hydrogen-bond acceptors (Lipinski definition) is 7. The normalized spacial score (nSPS) is 16.0. The number of likely N-dealkylation sites (N-methyl/N-ethyl adjacent to an activating group) is 1. The fourth-order valence-electron chi connectivity index (χ4n) is 3.99. The van der Waals surface area contributed by atoms with E-state index >= 15 is 0 Å². The Morgan fingerprint density at radius 3 is 2.43 bits per heavy atom. The lowest BCUT2D eigenvalue weighted by molar-refractivity contribution is -0.133. The Kier molecular flexibility index (Phi) is 8.86. The van der Waals surface area contributed by atoms with Gasteiger partial charge in [0.25, 0.3) is 0 Å². The number of amides is 2. The molecule has 1 aromatic carbocycles. The Hall–Kier alpha value is -2.36. The van der Waals surface area contributed by atoms with Gasteiger partial charge in [-0.15, -0.1) is 0 Å². The summed E-state index contributed by atoms with van der Waals surface area (Å²) in [7, 11) is 4.01. The molecule has 0 radical (unpaired) electrons. The van der Waals surface area contributed by atoms with Crippen LogP contribution in [0.1, 0.15) is 18.4 Å². The molecule has 2 amide bonds. The molecule has 0 bridgehead atoms. The number of hydrogen-bond donors (Lipinski definition) is 0. The lowest BCUT2D eigenvalue weighted by Crippen LogP contribution is -2.49. The van der Waals surface area contributed by atoms with Crippen molar-refractivity contribution < 1.29 is 9.59 Å². The Labute approximate surface area is 216 Å². The Morgan fingerprint density at radius 2 is 1.77 bits per heavy atom. The molecule has 35 heavy (non-hydrogen) atoms. The smallest absolute Gasteiger partial charge is 0.233 e. The third-order valence-corrected chi connectivity index (χ3v) is 7.24. The minimum Gasteiger partial charge on any atom is -0.353 e. The van der Waals surface area contributed by atoms with Gasteiger partial charge in [0.15, 0.2) is 5.16 Å². The van der Waals surface area contributed by atoms with Crippen molar-refractivity contribution >= 4 is 41.0 Å². The maximum atomic E-state index is 13.1. The van der Waals surface area contributed by atoms with E-state index in [9.17, 15) is 9.59 Å². The molecule has 188 valence electrons. The molecule has 1 aromatic heterocycles. The Balaban J connectivity index is 1.35. The molecule has 8 nitrogen and oxygen atoms in total. The number of benzene rings is 1. The SMILES string of the molecule is CN(C)CCN(Cc1ccccc1)C(=O)CSc1nc(Cl)cc(N2CCN(C(=O)C3CC3)CC2)n1. The molecule has 2 aliphatic rings. The van der Waals surface area contributed by atoms with Crippen LogP contribution in [0.4, 0.5) is 5.82 Å². The first kappa shape index (κ1) is 25.7. The monoisotopic (exact) mass is 516 g/mol. The first-order valence-electron chi connectivity index (χ1n) is 12.1.